The maximum Gasteiger partial charge on any atom is 0.189 e. The molecule has 3 saturated heterocycles. The number of hydrogen-bond donors (Lipinski definition) is 0. The molecule has 3 aromatic carbocycles. The number of carbonyl (C=O) groups excluding carboxylic acids is 1. The molecule has 2 bridgehead atoms. The third-order valence-electron chi connectivity index (χ3n) is 7.04. The van der Waals surface area contributed by atoms with Crippen molar-refractivity contribution in [3.05, 3.63) is 113 Å². The lowest BCUT2D eigenvalue weighted by Gasteiger charge is -2.50. The average molecular weight is 424 g/mol. The summed E-state index contributed by atoms with van der Waals surface area (Å²) in [6.07, 6.45) is 4.17. The van der Waals surface area contributed by atoms with Gasteiger partial charge in [0.05, 0.1) is 12.7 Å². The second-order valence-electron chi connectivity index (χ2n) is 8.76. The molecule has 0 saturated carbocycles. The third-order valence-corrected chi connectivity index (χ3v) is 7.04. The lowest BCUT2D eigenvalue weighted by atomic mass is 9.70. The standard InChI is InChI=1S/C29H29NO2/c1-32-27-15-9-8-14-24(27)26(31)20-25-21-16-18-30(19-17-21)29(25)28(22-10-4-2-5-11-22)23-12-6-3-7-13-23/h2-15,20-21,28-29H,16-19H2,1H3/b25-20-. The van der Waals surface area contributed by atoms with Gasteiger partial charge >= 0.3 is 0 Å². The molecule has 3 aliphatic rings. The van der Waals surface area contributed by atoms with Gasteiger partial charge in [0.15, 0.2) is 5.78 Å². The number of carbonyl (C=O) groups is 1. The number of piperidine rings is 3. The van der Waals surface area contributed by atoms with E-state index in [-0.39, 0.29) is 17.7 Å². The van der Waals surface area contributed by atoms with E-state index in [1.807, 2.05) is 30.3 Å². The van der Waals surface area contributed by atoms with Crippen molar-refractivity contribution in [2.75, 3.05) is 20.2 Å². The Bertz CT molecular complexity index is 1060. The van der Waals surface area contributed by atoms with Crippen molar-refractivity contribution in [3.8, 4) is 5.75 Å². The van der Waals surface area contributed by atoms with E-state index in [1.165, 1.54) is 16.7 Å². The Hall–Kier alpha value is -3.17. The monoisotopic (exact) mass is 423 g/mol. The molecule has 3 nitrogen and oxygen atoms in total. The Balaban J connectivity index is 1.61. The van der Waals surface area contributed by atoms with Gasteiger partial charge in [-0.05, 0) is 66.8 Å². The first-order chi connectivity index (χ1) is 15.8. The van der Waals surface area contributed by atoms with E-state index >= 15 is 0 Å². The second-order valence-corrected chi connectivity index (χ2v) is 8.76. The van der Waals surface area contributed by atoms with Crippen LogP contribution in [0.15, 0.2) is 96.6 Å². The summed E-state index contributed by atoms with van der Waals surface area (Å²) in [6.45, 7) is 2.18. The number of allylic oxidation sites excluding steroid dienone is 1. The fourth-order valence-electron chi connectivity index (χ4n) is 5.52. The summed E-state index contributed by atoms with van der Waals surface area (Å²) < 4.78 is 5.47. The number of ketones is 1. The molecule has 0 spiro atoms. The third kappa shape index (κ3) is 3.89. The van der Waals surface area contributed by atoms with E-state index in [1.54, 1.807) is 7.11 Å². The largest absolute Gasteiger partial charge is 0.496 e. The van der Waals surface area contributed by atoms with Crippen LogP contribution in [0, 0.1) is 5.92 Å². The molecular formula is C29H29NO2. The van der Waals surface area contributed by atoms with E-state index in [0.717, 1.165) is 25.9 Å². The first-order valence-electron chi connectivity index (χ1n) is 11.5. The minimum absolute atomic E-state index is 0.0380. The summed E-state index contributed by atoms with van der Waals surface area (Å²) in [6, 6.07) is 29.2. The molecule has 3 heterocycles. The van der Waals surface area contributed by atoms with Gasteiger partial charge in [-0.25, -0.2) is 0 Å². The first-order valence-corrected chi connectivity index (χ1v) is 11.5. The Morgan fingerprint density at radius 3 is 2.03 bits per heavy atom. The van der Waals surface area contributed by atoms with Crippen LogP contribution in [0.5, 0.6) is 5.75 Å². The molecule has 1 atom stereocenters. The lowest BCUT2D eigenvalue weighted by molar-refractivity contribution is 0.0905. The van der Waals surface area contributed by atoms with Crippen LogP contribution in [0.25, 0.3) is 0 Å². The van der Waals surface area contributed by atoms with E-state index < -0.39 is 0 Å². The number of methoxy groups -OCH3 is 1. The highest BCUT2D eigenvalue weighted by Gasteiger charge is 2.43. The summed E-state index contributed by atoms with van der Waals surface area (Å²) in [4.78, 5) is 16.0. The lowest BCUT2D eigenvalue weighted by Crippen LogP contribution is -2.53. The van der Waals surface area contributed by atoms with Crippen molar-refractivity contribution >= 4 is 5.78 Å². The van der Waals surface area contributed by atoms with E-state index in [0.29, 0.717) is 17.2 Å². The number of fused-ring (bicyclic) bond motifs is 3. The van der Waals surface area contributed by atoms with Crippen molar-refractivity contribution in [2.45, 2.75) is 24.8 Å². The fraction of sp³-hybridized carbons (Fsp3) is 0.276. The maximum atomic E-state index is 13.4. The number of benzene rings is 3. The zero-order chi connectivity index (χ0) is 21.9. The van der Waals surface area contributed by atoms with Crippen LogP contribution in [0.4, 0.5) is 0 Å². The van der Waals surface area contributed by atoms with Gasteiger partial charge in [0, 0.05) is 12.0 Å². The molecule has 0 N–H and O–H groups in total. The van der Waals surface area contributed by atoms with Crippen LogP contribution in [0.1, 0.15) is 40.2 Å². The molecular weight excluding hydrogens is 394 g/mol. The van der Waals surface area contributed by atoms with E-state index in [9.17, 15) is 4.79 Å². The maximum absolute atomic E-state index is 13.4. The van der Waals surface area contributed by atoms with Gasteiger partial charge < -0.3 is 4.74 Å². The summed E-state index contributed by atoms with van der Waals surface area (Å²) in [7, 11) is 1.62. The number of rotatable bonds is 6. The van der Waals surface area contributed by atoms with Crippen molar-refractivity contribution in [2.24, 2.45) is 5.92 Å². The van der Waals surface area contributed by atoms with Gasteiger partial charge in [-0.1, -0.05) is 72.8 Å². The first kappa shape index (κ1) is 20.7. The van der Waals surface area contributed by atoms with E-state index in [4.69, 9.17) is 4.74 Å². The number of para-hydroxylation sites is 1. The van der Waals surface area contributed by atoms with Crippen molar-refractivity contribution in [1.29, 1.82) is 0 Å². The molecule has 3 aliphatic heterocycles. The molecule has 3 heteroatoms. The smallest absolute Gasteiger partial charge is 0.189 e. The zero-order valence-corrected chi connectivity index (χ0v) is 18.5. The molecule has 3 fully saturated rings. The van der Waals surface area contributed by atoms with Crippen molar-refractivity contribution in [1.82, 2.24) is 4.90 Å². The molecule has 1 unspecified atom stereocenters. The van der Waals surface area contributed by atoms with Crippen molar-refractivity contribution < 1.29 is 9.53 Å². The van der Waals surface area contributed by atoms with Gasteiger partial charge in [-0.15, -0.1) is 0 Å². The van der Waals surface area contributed by atoms with Crippen LogP contribution in [0.2, 0.25) is 0 Å². The van der Waals surface area contributed by atoms with Gasteiger partial charge in [-0.2, -0.15) is 0 Å². The van der Waals surface area contributed by atoms with E-state index in [2.05, 4.69) is 65.6 Å². The molecule has 0 aromatic heterocycles. The summed E-state index contributed by atoms with van der Waals surface area (Å²) in [5, 5.41) is 0. The predicted molar refractivity (Wildman–Crippen MR) is 128 cm³/mol. The number of hydrogen-bond acceptors (Lipinski definition) is 3. The molecule has 3 aromatic rings. The number of ether oxygens (including phenoxy) is 1. The van der Waals surface area contributed by atoms with Gasteiger partial charge in [0.25, 0.3) is 0 Å². The molecule has 0 radical (unpaired) electrons. The van der Waals surface area contributed by atoms with Crippen LogP contribution < -0.4 is 4.74 Å². The Morgan fingerprint density at radius 2 is 1.44 bits per heavy atom. The molecule has 0 amide bonds. The Kier molecular flexibility index (Phi) is 5.91. The second kappa shape index (κ2) is 9.13. The van der Waals surface area contributed by atoms with Crippen molar-refractivity contribution in [3.63, 3.8) is 0 Å². The average Bonchev–Trinajstić information content (AvgIpc) is 2.87. The molecule has 32 heavy (non-hydrogen) atoms. The molecule has 6 rings (SSSR count). The highest BCUT2D eigenvalue weighted by molar-refractivity contribution is 6.07. The normalized spacial score (nSPS) is 23.4. The highest BCUT2D eigenvalue weighted by Crippen LogP contribution is 2.45. The summed E-state index contributed by atoms with van der Waals surface area (Å²) in [5.74, 6) is 1.32. The van der Waals surface area contributed by atoms with Crippen LogP contribution in [0.3, 0.4) is 0 Å². The summed E-state index contributed by atoms with van der Waals surface area (Å²) in [5.41, 5.74) is 4.50. The summed E-state index contributed by atoms with van der Waals surface area (Å²) >= 11 is 0. The van der Waals surface area contributed by atoms with Crippen LogP contribution >= 0.6 is 0 Å². The highest BCUT2D eigenvalue weighted by atomic mass is 16.5. The topological polar surface area (TPSA) is 29.5 Å². The Morgan fingerprint density at radius 1 is 0.875 bits per heavy atom. The Labute approximate surface area is 190 Å². The molecule has 162 valence electrons. The number of nitrogens with zero attached hydrogens (tertiary/aromatic N) is 1. The SMILES string of the molecule is COc1ccccc1C(=O)/C=C1/C2CCN(CC2)C1C(c1ccccc1)c1ccccc1. The quantitative estimate of drug-likeness (QED) is 0.375. The molecule has 0 aliphatic carbocycles. The minimum Gasteiger partial charge on any atom is -0.496 e. The van der Waals surface area contributed by atoms with Crippen LogP contribution in [-0.2, 0) is 0 Å². The predicted octanol–water partition coefficient (Wildman–Crippen LogP) is 5.73. The van der Waals surface area contributed by atoms with Gasteiger partial charge in [-0.3, -0.25) is 9.69 Å². The minimum atomic E-state index is 0.0380. The van der Waals surface area contributed by atoms with Gasteiger partial charge in [0.2, 0.25) is 0 Å². The van der Waals surface area contributed by atoms with Crippen LogP contribution in [-0.4, -0.2) is 36.9 Å². The fourth-order valence-corrected chi connectivity index (χ4v) is 5.52. The van der Waals surface area contributed by atoms with Gasteiger partial charge in [0.1, 0.15) is 5.75 Å². The zero-order valence-electron chi connectivity index (χ0n) is 18.5.